The maximum Gasteiger partial charge on any atom is 0.227 e. The second-order valence-corrected chi connectivity index (χ2v) is 8.23. The normalized spacial score (nSPS) is 19.6. The van der Waals surface area contributed by atoms with Crippen molar-refractivity contribution in [3.63, 3.8) is 0 Å². The SMILES string of the molecule is O=C(CCc1nc(C2=CCN(Cc3ccc(Cl)cc3)CC2)no1)NCC1CCCO1. The van der Waals surface area contributed by atoms with Gasteiger partial charge in [0, 0.05) is 50.7 Å². The molecule has 2 aromatic rings. The molecule has 1 saturated heterocycles. The zero-order valence-electron chi connectivity index (χ0n) is 17.0. The van der Waals surface area contributed by atoms with Crippen molar-refractivity contribution >= 4 is 23.1 Å². The zero-order chi connectivity index (χ0) is 20.8. The minimum absolute atomic E-state index is 0.0139. The Balaban J connectivity index is 1.22. The Kier molecular flexibility index (Phi) is 7.15. The van der Waals surface area contributed by atoms with Gasteiger partial charge in [0.2, 0.25) is 11.8 Å². The summed E-state index contributed by atoms with van der Waals surface area (Å²) >= 11 is 5.95. The molecule has 0 bridgehead atoms. The van der Waals surface area contributed by atoms with Crippen LogP contribution in [0.2, 0.25) is 5.02 Å². The summed E-state index contributed by atoms with van der Waals surface area (Å²) < 4.78 is 10.9. The van der Waals surface area contributed by atoms with Gasteiger partial charge in [0.1, 0.15) is 0 Å². The summed E-state index contributed by atoms with van der Waals surface area (Å²) in [5, 5.41) is 7.78. The third-order valence-corrected chi connectivity index (χ3v) is 5.74. The highest BCUT2D eigenvalue weighted by Gasteiger charge is 2.19. The molecule has 1 aromatic heterocycles. The molecule has 0 aliphatic carbocycles. The third-order valence-electron chi connectivity index (χ3n) is 5.48. The van der Waals surface area contributed by atoms with Crippen molar-refractivity contribution in [3.8, 4) is 0 Å². The van der Waals surface area contributed by atoms with Crippen LogP contribution in [0.5, 0.6) is 0 Å². The van der Waals surface area contributed by atoms with Crippen molar-refractivity contribution in [1.29, 1.82) is 0 Å². The fourth-order valence-corrected chi connectivity index (χ4v) is 3.86. The molecular weight excluding hydrogens is 404 g/mol. The number of nitrogens with zero attached hydrogens (tertiary/aromatic N) is 3. The number of amides is 1. The standard InChI is InChI=1S/C22H27ClN4O3/c23-18-5-3-16(4-6-18)15-27-11-9-17(10-12-27)22-25-21(30-26-22)8-7-20(28)24-14-19-2-1-13-29-19/h3-6,9,19H,1-2,7-8,10-15H2,(H,24,28). The molecule has 30 heavy (non-hydrogen) atoms. The van der Waals surface area contributed by atoms with E-state index < -0.39 is 0 Å². The van der Waals surface area contributed by atoms with E-state index in [9.17, 15) is 4.79 Å². The molecule has 1 fully saturated rings. The van der Waals surface area contributed by atoms with Crippen LogP contribution in [0.3, 0.4) is 0 Å². The van der Waals surface area contributed by atoms with Crippen LogP contribution in [0.25, 0.3) is 5.57 Å². The van der Waals surface area contributed by atoms with Crippen LogP contribution in [-0.4, -0.2) is 53.3 Å². The van der Waals surface area contributed by atoms with E-state index in [1.807, 2.05) is 12.1 Å². The lowest BCUT2D eigenvalue weighted by Crippen LogP contribution is -2.31. The predicted molar refractivity (Wildman–Crippen MR) is 114 cm³/mol. The highest BCUT2D eigenvalue weighted by atomic mass is 35.5. The highest BCUT2D eigenvalue weighted by molar-refractivity contribution is 6.30. The molecule has 1 atom stereocenters. The maximum absolute atomic E-state index is 12.0. The van der Waals surface area contributed by atoms with Crippen LogP contribution in [-0.2, 0) is 22.5 Å². The molecule has 7 nitrogen and oxygen atoms in total. The lowest BCUT2D eigenvalue weighted by molar-refractivity contribution is -0.121. The molecule has 1 N–H and O–H groups in total. The van der Waals surface area contributed by atoms with Crippen molar-refractivity contribution in [1.82, 2.24) is 20.4 Å². The number of rotatable bonds is 8. The Morgan fingerprint density at radius 3 is 2.90 bits per heavy atom. The van der Waals surface area contributed by atoms with Crippen molar-refractivity contribution < 1.29 is 14.1 Å². The second kappa shape index (κ2) is 10.2. The largest absolute Gasteiger partial charge is 0.376 e. The first-order valence-corrected chi connectivity index (χ1v) is 10.9. The molecule has 1 amide bonds. The summed E-state index contributed by atoms with van der Waals surface area (Å²) in [6.07, 6.45) is 6.04. The van der Waals surface area contributed by atoms with Gasteiger partial charge in [-0.3, -0.25) is 9.69 Å². The maximum atomic E-state index is 12.0. The summed E-state index contributed by atoms with van der Waals surface area (Å²) in [4.78, 5) is 18.9. The third kappa shape index (κ3) is 5.90. The van der Waals surface area contributed by atoms with Gasteiger partial charge in [0.05, 0.1) is 6.10 Å². The van der Waals surface area contributed by atoms with Gasteiger partial charge in [0.15, 0.2) is 5.82 Å². The van der Waals surface area contributed by atoms with Crippen molar-refractivity contribution in [3.05, 3.63) is 52.6 Å². The van der Waals surface area contributed by atoms with Gasteiger partial charge in [-0.1, -0.05) is 35.0 Å². The lowest BCUT2D eigenvalue weighted by Gasteiger charge is -2.25. The average molecular weight is 431 g/mol. The number of aromatic nitrogens is 2. The molecule has 1 aromatic carbocycles. The van der Waals surface area contributed by atoms with E-state index in [1.54, 1.807) is 0 Å². The average Bonchev–Trinajstić information content (AvgIpc) is 3.45. The number of ether oxygens (including phenoxy) is 1. The van der Waals surface area contributed by atoms with Gasteiger partial charge >= 0.3 is 0 Å². The van der Waals surface area contributed by atoms with Crippen LogP contribution in [0.15, 0.2) is 34.9 Å². The van der Waals surface area contributed by atoms with E-state index in [1.165, 1.54) is 5.56 Å². The minimum Gasteiger partial charge on any atom is -0.376 e. The van der Waals surface area contributed by atoms with Crippen molar-refractivity contribution in [2.45, 2.75) is 44.8 Å². The van der Waals surface area contributed by atoms with Crippen LogP contribution < -0.4 is 5.32 Å². The topological polar surface area (TPSA) is 80.5 Å². The number of halogens is 1. The lowest BCUT2D eigenvalue weighted by atomic mass is 10.1. The molecule has 4 rings (SSSR count). The van der Waals surface area contributed by atoms with Gasteiger partial charge in [-0.15, -0.1) is 0 Å². The summed E-state index contributed by atoms with van der Waals surface area (Å²) in [6, 6.07) is 7.96. The Bertz CT molecular complexity index is 875. The first-order chi connectivity index (χ1) is 14.7. The molecular formula is C22H27ClN4O3. The summed E-state index contributed by atoms with van der Waals surface area (Å²) in [5.74, 6) is 1.12. The van der Waals surface area contributed by atoms with Gasteiger partial charge in [0.25, 0.3) is 0 Å². The molecule has 2 aliphatic heterocycles. The molecule has 160 valence electrons. The minimum atomic E-state index is -0.0139. The van der Waals surface area contributed by atoms with Crippen LogP contribution in [0.4, 0.5) is 0 Å². The molecule has 2 aliphatic rings. The van der Waals surface area contributed by atoms with E-state index in [2.05, 4.69) is 38.6 Å². The summed E-state index contributed by atoms with van der Waals surface area (Å²) in [7, 11) is 0. The van der Waals surface area contributed by atoms with E-state index >= 15 is 0 Å². The highest BCUT2D eigenvalue weighted by Crippen LogP contribution is 2.22. The number of benzene rings is 1. The van der Waals surface area contributed by atoms with Crippen LogP contribution in [0, 0.1) is 0 Å². The molecule has 0 saturated carbocycles. The number of hydrogen-bond donors (Lipinski definition) is 1. The Morgan fingerprint density at radius 1 is 1.30 bits per heavy atom. The Labute approximate surface area is 181 Å². The number of aryl methyl sites for hydroxylation is 1. The van der Waals surface area contributed by atoms with Crippen LogP contribution >= 0.6 is 11.6 Å². The first kappa shape index (κ1) is 21.0. The summed E-state index contributed by atoms with van der Waals surface area (Å²) in [5.41, 5.74) is 2.34. The number of carbonyl (C=O) groups is 1. The molecule has 0 spiro atoms. The van der Waals surface area contributed by atoms with Gasteiger partial charge in [-0.05, 0) is 42.5 Å². The van der Waals surface area contributed by atoms with Gasteiger partial charge < -0.3 is 14.6 Å². The number of carbonyl (C=O) groups excluding carboxylic acids is 1. The molecule has 3 heterocycles. The smallest absolute Gasteiger partial charge is 0.227 e. The Hall–Kier alpha value is -2.22. The van der Waals surface area contributed by atoms with E-state index in [-0.39, 0.29) is 12.0 Å². The van der Waals surface area contributed by atoms with E-state index in [0.29, 0.717) is 31.1 Å². The fourth-order valence-electron chi connectivity index (χ4n) is 3.73. The van der Waals surface area contributed by atoms with Crippen molar-refractivity contribution in [2.75, 3.05) is 26.2 Å². The number of hydrogen-bond acceptors (Lipinski definition) is 6. The van der Waals surface area contributed by atoms with Gasteiger partial charge in [-0.25, -0.2) is 0 Å². The predicted octanol–water partition coefficient (Wildman–Crippen LogP) is 3.24. The first-order valence-electron chi connectivity index (χ1n) is 10.5. The summed E-state index contributed by atoms with van der Waals surface area (Å²) in [6.45, 7) is 4.03. The molecule has 1 unspecified atom stereocenters. The van der Waals surface area contributed by atoms with E-state index in [0.717, 1.165) is 56.1 Å². The Morgan fingerprint density at radius 2 is 2.17 bits per heavy atom. The number of nitrogens with one attached hydrogen (secondary N) is 1. The molecule has 8 heteroatoms. The second-order valence-electron chi connectivity index (χ2n) is 7.79. The van der Waals surface area contributed by atoms with Gasteiger partial charge in [-0.2, -0.15) is 4.98 Å². The monoisotopic (exact) mass is 430 g/mol. The quantitative estimate of drug-likeness (QED) is 0.692. The zero-order valence-corrected chi connectivity index (χ0v) is 17.7. The van der Waals surface area contributed by atoms with E-state index in [4.69, 9.17) is 20.9 Å². The fraction of sp³-hybridized carbons (Fsp3) is 0.500. The molecule has 0 radical (unpaired) electrons. The van der Waals surface area contributed by atoms with Crippen LogP contribution in [0.1, 0.15) is 43.0 Å². The van der Waals surface area contributed by atoms with Crippen molar-refractivity contribution in [2.24, 2.45) is 0 Å².